The van der Waals surface area contributed by atoms with Crippen LogP contribution in [0, 0.1) is 5.41 Å². The Morgan fingerprint density at radius 3 is 3.04 bits per heavy atom. The molecule has 3 aliphatic rings. The van der Waals surface area contributed by atoms with E-state index in [0.717, 1.165) is 31.4 Å². The smallest absolute Gasteiger partial charge is 0.0732 e. The molecule has 0 aromatic carbocycles. The van der Waals surface area contributed by atoms with Crippen molar-refractivity contribution in [2.24, 2.45) is 5.41 Å². The third-order valence-corrected chi connectivity index (χ3v) is 5.99. The molecule has 126 valence electrons. The molecule has 0 radical (unpaired) electrons. The van der Waals surface area contributed by atoms with Gasteiger partial charge in [0.2, 0.25) is 0 Å². The summed E-state index contributed by atoms with van der Waals surface area (Å²) in [6, 6.07) is 4.89. The van der Waals surface area contributed by atoms with Crippen LogP contribution in [0.3, 0.4) is 0 Å². The summed E-state index contributed by atoms with van der Waals surface area (Å²) in [5, 5.41) is 0. The second-order valence-corrected chi connectivity index (χ2v) is 7.52. The quantitative estimate of drug-likeness (QED) is 0.836. The maximum absolute atomic E-state index is 6.15. The third-order valence-electron chi connectivity index (χ3n) is 5.99. The average molecular weight is 316 g/mol. The van der Waals surface area contributed by atoms with Crippen LogP contribution < -0.4 is 0 Å². The van der Waals surface area contributed by atoms with Gasteiger partial charge in [-0.15, -0.1) is 0 Å². The van der Waals surface area contributed by atoms with Gasteiger partial charge in [-0.2, -0.15) is 0 Å². The van der Waals surface area contributed by atoms with E-state index >= 15 is 0 Å². The summed E-state index contributed by atoms with van der Waals surface area (Å²) < 4.78 is 12.3. The predicted molar refractivity (Wildman–Crippen MR) is 89.1 cm³/mol. The highest BCUT2D eigenvalue weighted by molar-refractivity contribution is 5.07. The van der Waals surface area contributed by atoms with Gasteiger partial charge in [0, 0.05) is 43.5 Å². The van der Waals surface area contributed by atoms with Crippen molar-refractivity contribution < 1.29 is 9.47 Å². The molecule has 23 heavy (non-hydrogen) atoms. The molecule has 4 nitrogen and oxygen atoms in total. The monoisotopic (exact) mass is 316 g/mol. The van der Waals surface area contributed by atoms with Crippen LogP contribution in [0.2, 0.25) is 0 Å². The van der Waals surface area contributed by atoms with E-state index in [1.54, 1.807) is 0 Å². The van der Waals surface area contributed by atoms with E-state index in [1.165, 1.54) is 45.1 Å². The van der Waals surface area contributed by atoms with Gasteiger partial charge in [0.05, 0.1) is 19.3 Å². The lowest BCUT2D eigenvalue weighted by Crippen LogP contribution is -2.59. The van der Waals surface area contributed by atoms with E-state index in [0.29, 0.717) is 12.7 Å². The van der Waals surface area contributed by atoms with Gasteiger partial charge in [-0.3, -0.25) is 9.88 Å². The first-order valence-corrected chi connectivity index (χ1v) is 9.18. The molecule has 1 saturated carbocycles. The van der Waals surface area contributed by atoms with Gasteiger partial charge in [0.25, 0.3) is 0 Å². The molecule has 4 heteroatoms. The van der Waals surface area contributed by atoms with E-state index in [9.17, 15) is 0 Å². The molecule has 1 aliphatic carbocycles. The lowest BCUT2D eigenvalue weighted by Gasteiger charge is -2.53. The van der Waals surface area contributed by atoms with Crippen molar-refractivity contribution in [3.8, 4) is 0 Å². The Kier molecular flexibility index (Phi) is 4.65. The zero-order valence-corrected chi connectivity index (χ0v) is 14.0. The Labute approximate surface area is 139 Å². The summed E-state index contributed by atoms with van der Waals surface area (Å²) in [6.07, 6.45) is 11.9. The van der Waals surface area contributed by atoms with Gasteiger partial charge < -0.3 is 9.47 Å². The number of ether oxygens (including phenoxy) is 2. The fourth-order valence-corrected chi connectivity index (χ4v) is 4.45. The van der Waals surface area contributed by atoms with E-state index in [-0.39, 0.29) is 5.41 Å². The lowest BCUT2D eigenvalue weighted by molar-refractivity contribution is -0.162. The maximum Gasteiger partial charge on any atom is 0.0732 e. The van der Waals surface area contributed by atoms with Crippen molar-refractivity contribution >= 4 is 0 Å². The number of piperidine rings is 1. The molecule has 4 rings (SSSR count). The fraction of sp³-hybridized carbons (Fsp3) is 0.737. The third kappa shape index (κ3) is 3.30. The minimum atomic E-state index is 0.203. The fourth-order valence-electron chi connectivity index (χ4n) is 4.45. The zero-order chi connectivity index (χ0) is 15.5. The Hall–Kier alpha value is -0.970. The average Bonchev–Trinajstić information content (AvgIpc) is 2.54. The van der Waals surface area contributed by atoms with Crippen LogP contribution in [0.5, 0.6) is 0 Å². The van der Waals surface area contributed by atoms with Crippen LogP contribution >= 0.6 is 0 Å². The number of fused-ring (bicyclic) bond motifs is 1. The minimum absolute atomic E-state index is 0.203. The molecule has 0 bridgehead atoms. The Balaban J connectivity index is 1.40. The van der Waals surface area contributed by atoms with Gasteiger partial charge in [-0.25, -0.2) is 0 Å². The number of rotatable bonds is 5. The van der Waals surface area contributed by atoms with Crippen LogP contribution in [-0.2, 0) is 16.1 Å². The van der Waals surface area contributed by atoms with Crippen molar-refractivity contribution in [2.75, 3.05) is 26.3 Å². The summed E-state index contributed by atoms with van der Waals surface area (Å²) in [5.41, 5.74) is 1.36. The van der Waals surface area contributed by atoms with E-state index in [2.05, 4.69) is 16.0 Å². The molecule has 1 aromatic heterocycles. The molecule has 3 heterocycles. The minimum Gasteiger partial charge on any atom is -0.377 e. The van der Waals surface area contributed by atoms with Crippen LogP contribution in [0.25, 0.3) is 0 Å². The predicted octanol–water partition coefficient (Wildman–Crippen LogP) is 3.02. The van der Waals surface area contributed by atoms with Gasteiger partial charge in [0.15, 0.2) is 0 Å². The Morgan fingerprint density at radius 2 is 2.26 bits per heavy atom. The summed E-state index contributed by atoms with van der Waals surface area (Å²) >= 11 is 0. The summed E-state index contributed by atoms with van der Waals surface area (Å²) in [4.78, 5) is 6.90. The standard InChI is InChI=1S/C19H28N2O2/c1-5-17(6-1)21-10-7-18-19(14-21,8-3-11-23-18)15-22-13-16-4-2-9-20-12-16/h2,4,9,12,17-18H,1,3,5-8,10-11,13-15H2/t18-,19+/m0/s1. The number of hydrogen-bond donors (Lipinski definition) is 0. The van der Waals surface area contributed by atoms with Crippen molar-refractivity contribution in [3.63, 3.8) is 0 Å². The molecule has 2 saturated heterocycles. The van der Waals surface area contributed by atoms with Gasteiger partial charge >= 0.3 is 0 Å². The first-order chi connectivity index (χ1) is 11.4. The second-order valence-electron chi connectivity index (χ2n) is 7.52. The zero-order valence-electron chi connectivity index (χ0n) is 14.0. The molecule has 1 aromatic rings. The number of likely N-dealkylation sites (tertiary alicyclic amines) is 1. The van der Waals surface area contributed by atoms with Gasteiger partial charge in [0.1, 0.15) is 0 Å². The maximum atomic E-state index is 6.15. The van der Waals surface area contributed by atoms with Crippen molar-refractivity contribution in [1.82, 2.24) is 9.88 Å². The molecule has 3 fully saturated rings. The van der Waals surface area contributed by atoms with Gasteiger partial charge in [-0.1, -0.05) is 12.5 Å². The lowest BCUT2D eigenvalue weighted by atomic mass is 9.72. The summed E-state index contributed by atoms with van der Waals surface area (Å²) in [7, 11) is 0. The Morgan fingerprint density at radius 1 is 1.30 bits per heavy atom. The van der Waals surface area contributed by atoms with E-state index in [1.807, 2.05) is 18.5 Å². The van der Waals surface area contributed by atoms with Crippen molar-refractivity contribution in [1.29, 1.82) is 0 Å². The number of nitrogens with zero attached hydrogens (tertiary/aromatic N) is 2. The van der Waals surface area contributed by atoms with Crippen LogP contribution in [0.15, 0.2) is 24.5 Å². The van der Waals surface area contributed by atoms with Gasteiger partial charge in [-0.05, 0) is 43.7 Å². The number of aromatic nitrogens is 1. The first-order valence-electron chi connectivity index (χ1n) is 9.18. The van der Waals surface area contributed by atoms with Crippen LogP contribution in [0.1, 0.15) is 44.1 Å². The topological polar surface area (TPSA) is 34.6 Å². The highest BCUT2D eigenvalue weighted by Crippen LogP contribution is 2.42. The number of pyridine rings is 1. The van der Waals surface area contributed by atoms with Crippen molar-refractivity contribution in [3.05, 3.63) is 30.1 Å². The highest BCUT2D eigenvalue weighted by atomic mass is 16.5. The molecule has 0 spiro atoms. The molecule has 2 aliphatic heterocycles. The van der Waals surface area contributed by atoms with E-state index < -0.39 is 0 Å². The summed E-state index contributed by atoms with van der Waals surface area (Å²) in [6.45, 7) is 4.77. The molecule has 0 amide bonds. The largest absolute Gasteiger partial charge is 0.377 e. The molecule has 0 unspecified atom stereocenters. The van der Waals surface area contributed by atoms with Crippen LogP contribution in [0.4, 0.5) is 0 Å². The highest BCUT2D eigenvalue weighted by Gasteiger charge is 2.47. The molecular weight excluding hydrogens is 288 g/mol. The summed E-state index contributed by atoms with van der Waals surface area (Å²) in [5.74, 6) is 0. The second kappa shape index (κ2) is 6.88. The SMILES string of the molecule is c1cncc(COC[C@]23CCCO[C@H]2CCN(C2CCC2)C3)c1. The molecular formula is C19H28N2O2. The molecule has 2 atom stereocenters. The molecule has 0 N–H and O–H groups in total. The van der Waals surface area contributed by atoms with E-state index in [4.69, 9.17) is 9.47 Å². The van der Waals surface area contributed by atoms with Crippen LogP contribution in [-0.4, -0.2) is 48.3 Å². The number of hydrogen-bond acceptors (Lipinski definition) is 4. The van der Waals surface area contributed by atoms with Crippen molar-refractivity contribution in [2.45, 2.75) is 57.3 Å². The first kappa shape index (κ1) is 15.6. The normalized spacial score (nSPS) is 32.3. The Bertz CT molecular complexity index is 505.